The smallest absolute Gasteiger partial charge is 0.408 e. The number of H-pyrrole nitrogens is 1. The third-order valence-corrected chi connectivity index (χ3v) is 5.19. The summed E-state index contributed by atoms with van der Waals surface area (Å²) in [5, 5.41) is 6.36. The van der Waals surface area contributed by atoms with Gasteiger partial charge in [-0.15, -0.1) is 0 Å². The number of amides is 2. The van der Waals surface area contributed by atoms with Crippen molar-refractivity contribution in [3.05, 3.63) is 71.9 Å². The molecular formula is C26H31N3O5. The molecule has 0 unspecified atom stereocenters. The highest BCUT2D eigenvalue weighted by molar-refractivity contribution is 5.91. The molecule has 34 heavy (non-hydrogen) atoms. The Morgan fingerprint density at radius 3 is 2.26 bits per heavy atom. The Morgan fingerprint density at radius 2 is 1.59 bits per heavy atom. The van der Waals surface area contributed by atoms with E-state index >= 15 is 0 Å². The lowest BCUT2D eigenvalue weighted by atomic mass is 10.0. The minimum atomic E-state index is -0.952. The molecule has 0 aliphatic rings. The summed E-state index contributed by atoms with van der Waals surface area (Å²) in [6, 6.07) is 15.1. The van der Waals surface area contributed by atoms with Crippen molar-refractivity contribution in [1.29, 1.82) is 0 Å². The van der Waals surface area contributed by atoms with Crippen LogP contribution in [0.3, 0.4) is 0 Å². The summed E-state index contributed by atoms with van der Waals surface area (Å²) in [6.07, 6.45) is 1.56. The van der Waals surface area contributed by atoms with Gasteiger partial charge in [0.1, 0.15) is 17.7 Å². The summed E-state index contributed by atoms with van der Waals surface area (Å²) in [7, 11) is 1.27. The highest BCUT2D eigenvalue weighted by Crippen LogP contribution is 2.19. The van der Waals surface area contributed by atoms with Crippen molar-refractivity contribution in [3.8, 4) is 0 Å². The van der Waals surface area contributed by atoms with Gasteiger partial charge in [-0.2, -0.15) is 0 Å². The summed E-state index contributed by atoms with van der Waals surface area (Å²) < 4.78 is 10.3. The Bertz CT molecular complexity index is 1130. The third kappa shape index (κ3) is 6.84. The topological polar surface area (TPSA) is 110 Å². The van der Waals surface area contributed by atoms with E-state index in [4.69, 9.17) is 9.47 Å². The number of carbonyl (C=O) groups is 3. The molecule has 0 saturated carbocycles. The fraction of sp³-hybridized carbons (Fsp3) is 0.346. The molecule has 0 aliphatic carbocycles. The van der Waals surface area contributed by atoms with Gasteiger partial charge in [0, 0.05) is 29.9 Å². The van der Waals surface area contributed by atoms with Gasteiger partial charge in [-0.25, -0.2) is 9.59 Å². The number of rotatable bonds is 8. The average molecular weight is 466 g/mol. The van der Waals surface area contributed by atoms with E-state index < -0.39 is 35.7 Å². The molecule has 2 atom stereocenters. The van der Waals surface area contributed by atoms with E-state index in [9.17, 15) is 14.4 Å². The van der Waals surface area contributed by atoms with E-state index in [-0.39, 0.29) is 12.8 Å². The third-order valence-electron chi connectivity index (χ3n) is 5.19. The van der Waals surface area contributed by atoms with E-state index in [0.29, 0.717) is 0 Å². The van der Waals surface area contributed by atoms with Crippen molar-refractivity contribution in [2.75, 3.05) is 7.11 Å². The zero-order chi connectivity index (χ0) is 24.7. The van der Waals surface area contributed by atoms with Crippen LogP contribution in [-0.4, -0.2) is 47.7 Å². The van der Waals surface area contributed by atoms with Gasteiger partial charge in [0.15, 0.2) is 0 Å². The Labute approximate surface area is 199 Å². The van der Waals surface area contributed by atoms with Crippen LogP contribution in [0.25, 0.3) is 10.9 Å². The van der Waals surface area contributed by atoms with E-state index in [1.54, 1.807) is 20.8 Å². The Kier molecular flexibility index (Phi) is 7.94. The lowest BCUT2D eigenvalue weighted by molar-refractivity contribution is -0.145. The van der Waals surface area contributed by atoms with Crippen molar-refractivity contribution in [3.63, 3.8) is 0 Å². The number of aromatic amines is 1. The van der Waals surface area contributed by atoms with Crippen molar-refractivity contribution >= 4 is 28.9 Å². The summed E-state index contributed by atoms with van der Waals surface area (Å²) in [4.78, 5) is 41.4. The van der Waals surface area contributed by atoms with Gasteiger partial charge in [-0.3, -0.25) is 4.79 Å². The minimum absolute atomic E-state index is 0.229. The monoisotopic (exact) mass is 465 g/mol. The fourth-order valence-electron chi connectivity index (χ4n) is 3.64. The predicted molar refractivity (Wildman–Crippen MR) is 129 cm³/mol. The van der Waals surface area contributed by atoms with E-state index in [0.717, 1.165) is 22.0 Å². The molecule has 3 N–H and O–H groups in total. The first-order valence-corrected chi connectivity index (χ1v) is 11.1. The second kappa shape index (κ2) is 10.9. The molecule has 0 saturated heterocycles. The van der Waals surface area contributed by atoms with Gasteiger partial charge >= 0.3 is 12.1 Å². The number of carbonyl (C=O) groups excluding carboxylic acids is 3. The maximum absolute atomic E-state index is 13.3. The van der Waals surface area contributed by atoms with E-state index in [1.807, 2.05) is 60.8 Å². The molecule has 2 aromatic carbocycles. The number of fused-ring (bicyclic) bond motifs is 1. The number of alkyl carbamates (subject to hydrolysis) is 1. The predicted octanol–water partition coefficient (Wildman–Crippen LogP) is 3.50. The maximum atomic E-state index is 13.3. The van der Waals surface area contributed by atoms with Gasteiger partial charge in [0.25, 0.3) is 0 Å². The molecule has 8 nitrogen and oxygen atoms in total. The Hall–Kier alpha value is -3.81. The number of aromatic nitrogens is 1. The summed E-state index contributed by atoms with van der Waals surface area (Å²) in [5.74, 6) is -1.08. The van der Waals surface area contributed by atoms with Gasteiger partial charge in [-0.1, -0.05) is 48.5 Å². The number of hydrogen-bond acceptors (Lipinski definition) is 5. The first kappa shape index (κ1) is 24.8. The zero-order valence-corrected chi connectivity index (χ0v) is 19.9. The summed E-state index contributed by atoms with van der Waals surface area (Å²) in [5.41, 5.74) is 1.93. The summed E-state index contributed by atoms with van der Waals surface area (Å²) in [6.45, 7) is 5.23. The molecular weight excluding hydrogens is 434 g/mol. The SMILES string of the molecule is COC(=O)[C@H](Cc1c[nH]c2ccccc12)NC(=O)[C@H](Cc1ccccc1)NC(=O)OC(C)(C)C. The first-order valence-electron chi connectivity index (χ1n) is 11.1. The van der Waals surface area contributed by atoms with Gasteiger partial charge in [0.05, 0.1) is 7.11 Å². The first-order chi connectivity index (χ1) is 16.2. The number of para-hydroxylation sites is 1. The van der Waals surface area contributed by atoms with Gasteiger partial charge in [0.2, 0.25) is 5.91 Å². The Balaban J connectivity index is 1.80. The maximum Gasteiger partial charge on any atom is 0.408 e. The molecule has 1 heterocycles. The number of nitrogens with one attached hydrogen (secondary N) is 3. The number of ether oxygens (including phenoxy) is 2. The van der Waals surface area contributed by atoms with Crippen LogP contribution < -0.4 is 10.6 Å². The van der Waals surface area contributed by atoms with Gasteiger partial charge in [-0.05, 0) is 38.0 Å². The molecule has 2 amide bonds. The van der Waals surface area contributed by atoms with E-state index in [2.05, 4.69) is 15.6 Å². The number of benzene rings is 2. The standard InChI is InChI=1S/C26H31N3O5/c1-26(2,3)34-25(32)29-21(14-17-10-6-5-7-11-17)23(30)28-22(24(31)33-4)15-18-16-27-20-13-9-8-12-19(18)20/h5-13,16,21-22,27H,14-15H2,1-4H3,(H,28,30)(H,29,32)/t21-,22-/m0/s1. The molecule has 1 aromatic heterocycles. The van der Waals surface area contributed by atoms with E-state index in [1.165, 1.54) is 7.11 Å². The van der Waals surface area contributed by atoms with Crippen LogP contribution >= 0.6 is 0 Å². The van der Waals surface area contributed by atoms with Crippen LogP contribution in [-0.2, 0) is 31.9 Å². The molecule has 0 bridgehead atoms. The second-order valence-electron chi connectivity index (χ2n) is 9.04. The van der Waals surface area contributed by atoms with Crippen LogP contribution in [0.2, 0.25) is 0 Å². The second-order valence-corrected chi connectivity index (χ2v) is 9.04. The lowest BCUT2D eigenvalue weighted by Crippen LogP contribution is -2.53. The minimum Gasteiger partial charge on any atom is -0.467 e. The van der Waals surface area contributed by atoms with Crippen LogP contribution in [0.5, 0.6) is 0 Å². The zero-order valence-electron chi connectivity index (χ0n) is 19.9. The van der Waals surface area contributed by atoms with Crippen molar-refractivity contribution in [1.82, 2.24) is 15.6 Å². The van der Waals surface area contributed by atoms with Crippen LogP contribution in [0, 0.1) is 0 Å². The molecule has 180 valence electrons. The fourth-order valence-corrected chi connectivity index (χ4v) is 3.64. The van der Waals surface area contributed by atoms with Crippen molar-refractivity contribution < 1.29 is 23.9 Å². The normalized spacial score (nSPS) is 13.1. The molecule has 0 spiro atoms. The molecule has 3 rings (SSSR count). The van der Waals surface area contributed by atoms with Crippen LogP contribution in [0.1, 0.15) is 31.9 Å². The largest absolute Gasteiger partial charge is 0.467 e. The lowest BCUT2D eigenvalue weighted by Gasteiger charge is -2.25. The highest BCUT2D eigenvalue weighted by atomic mass is 16.6. The molecule has 0 fully saturated rings. The van der Waals surface area contributed by atoms with Crippen molar-refractivity contribution in [2.45, 2.75) is 51.3 Å². The molecule has 0 aliphatic heterocycles. The van der Waals surface area contributed by atoms with Gasteiger partial charge < -0.3 is 25.1 Å². The highest BCUT2D eigenvalue weighted by Gasteiger charge is 2.29. The quantitative estimate of drug-likeness (QED) is 0.441. The van der Waals surface area contributed by atoms with Crippen molar-refractivity contribution in [2.24, 2.45) is 0 Å². The van der Waals surface area contributed by atoms with Crippen LogP contribution in [0.4, 0.5) is 4.79 Å². The number of esters is 1. The number of hydrogen-bond donors (Lipinski definition) is 3. The average Bonchev–Trinajstić information content (AvgIpc) is 3.20. The molecule has 8 heteroatoms. The number of methoxy groups -OCH3 is 1. The summed E-state index contributed by atoms with van der Waals surface area (Å²) >= 11 is 0. The molecule has 3 aromatic rings. The van der Waals surface area contributed by atoms with Crippen LogP contribution in [0.15, 0.2) is 60.8 Å². The Morgan fingerprint density at radius 1 is 0.912 bits per heavy atom. The molecule has 0 radical (unpaired) electrons.